The molecule has 0 saturated carbocycles. The molecule has 0 fully saturated rings. The molecule has 0 atom stereocenters. The number of hydroxylamine groups is 1. The summed E-state index contributed by atoms with van der Waals surface area (Å²) in [7, 11) is 0. The van der Waals surface area contributed by atoms with Gasteiger partial charge in [0.25, 0.3) is 0 Å². The lowest BCUT2D eigenvalue weighted by molar-refractivity contribution is 0.189. The first kappa shape index (κ1) is 13.4. The molecular formula is C15H16FNO2. The lowest BCUT2D eigenvalue weighted by atomic mass is 10.1. The molecule has 100 valence electrons. The SMILES string of the molecule is Cc1ccc(O)c(ONCCc2ccccc2F)c1. The van der Waals surface area contributed by atoms with Gasteiger partial charge in [-0.1, -0.05) is 24.3 Å². The van der Waals surface area contributed by atoms with E-state index < -0.39 is 0 Å². The molecule has 0 heterocycles. The number of hydrogen-bond donors (Lipinski definition) is 2. The second-order valence-corrected chi connectivity index (χ2v) is 4.31. The number of rotatable bonds is 5. The van der Waals surface area contributed by atoms with Crippen molar-refractivity contribution in [2.75, 3.05) is 6.54 Å². The minimum Gasteiger partial charge on any atom is -0.504 e. The van der Waals surface area contributed by atoms with Gasteiger partial charge in [-0.3, -0.25) is 0 Å². The van der Waals surface area contributed by atoms with E-state index in [4.69, 9.17) is 4.84 Å². The second-order valence-electron chi connectivity index (χ2n) is 4.31. The lowest BCUT2D eigenvalue weighted by Gasteiger charge is -2.09. The van der Waals surface area contributed by atoms with Gasteiger partial charge < -0.3 is 9.94 Å². The Balaban J connectivity index is 1.84. The molecule has 0 bridgehead atoms. The molecule has 0 aliphatic rings. The molecule has 19 heavy (non-hydrogen) atoms. The van der Waals surface area contributed by atoms with Gasteiger partial charge in [-0.15, -0.1) is 0 Å². The van der Waals surface area contributed by atoms with Crippen molar-refractivity contribution >= 4 is 0 Å². The number of phenolic OH excluding ortho intramolecular Hbond substituents is 1. The quantitative estimate of drug-likeness (QED) is 0.642. The number of halogens is 1. The average molecular weight is 261 g/mol. The van der Waals surface area contributed by atoms with E-state index in [1.165, 1.54) is 6.07 Å². The van der Waals surface area contributed by atoms with E-state index in [1.807, 2.05) is 6.92 Å². The van der Waals surface area contributed by atoms with Gasteiger partial charge in [-0.25, -0.2) is 4.39 Å². The van der Waals surface area contributed by atoms with E-state index in [0.717, 1.165) is 5.56 Å². The molecule has 0 radical (unpaired) electrons. The topological polar surface area (TPSA) is 41.5 Å². The zero-order valence-electron chi connectivity index (χ0n) is 10.7. The Kier molecular flexibility index (Phi) is 4.36. The van der Waals surface area contributed by atoms with E-state index in [1.54, 1.807) is 36.4 Å². The highest BCUT2D eigenvalue weighted by Crippen LogP contribution is 2.25. The van der Waals surface area contributed by atoms with Crippen molar-refractivity contribution in [2.24, 2.45) is 0 Å². The summed E-state index contributed by atoms with van der Waals surface area (Å²) in [4.78, 5) is 5.26. The van der Waals surface area contributed by atoms with E-state index in [9.17, 15) is 9.50 Å². The molecule has 0 spiro atoms. The van der Waals surface area contributed by atoms with Crippen molar-refractivity contribution < 1.29 is 14.3 Å². The third-order valence-electron chi connectivity index (χ3n) is 2.75. The van der Waals surface area contributed by atoms with Crippen LogP contribution in [-0.4, -0.2) is 11.7 Å². The fourth-order valence-electron chi connectivity index (χ4n) is 1.72. The Morgan fingerprint density at radius 3 is 2.79 bits per heavy atom. The molecule has 0 aromatic heterocycles. The van der Waals surface area contributed by atoms with Crippen molar-refractivity contribution in [1.82, 2.24) is 5.48 Å². The van der Waals surface area contributed by atoms with Crippen LogP contribution < -0.4 is 10.3 Å². The Morgan fingerprint density at radius 2 is 2.00 bits per heavy atom. The van der Waals surface area contributed by atoms with Crippen molar-refractivity contribution in [3.8, 4) is 11.5 Å². The van der Waals surface area contributed by atoms with Crippen LogP contribution in [0.15, 0.2) is 42.5 Å². The van der Waals surface area contributed by atoms with Crippen LogP contribution in [0.25, 0.3) is 0 Å². The molecule has 4 heteroatoms. The Labute approximate surface area is 111 Å². The minimum absolute atomic E-state index is 0.0731. The van der Waals surface area contributed by atoms with Gasteiger partial charge in [-0.2, -0.15) is 5.48 Å². The third kappa shape index (κ3) is 3.69. The normalized spacial score (nSPS) is 10.4. The van der Waals surface area contributed by atoms with Crippen LogP contribution >= 0.6 is 0 Å². The first-order valence-electron chi connectivity index (χ1n) is 6.09. The van der Waals surface area contributed by atoms with Crippen LogP contribution in [0.5, 0.6) is 11.5 Å². The maximum absolute atomic E-state index is 13.3. The number of phenols is 1. The lowest BCUT2D eigenvalue weighted by Crippen LogP contribution is -2.21. The maximum Gasteiger partial charge on any atom is 0.188 e. The van der Waals surface area contributed by atoms with Gasteiger partial charge in [0.15, 0.2) is 11.5 Å². The van der Waals surface area contributed by atoms with Crippen LogP contribution in [-0.2, 0) is 6.42 Å². The van der Waals surface area contributed by atoms with Gasteiger partial charge in [0, 0.05) is 6.54 Å². The Morgan fingerprint density at radius 1 is 1.21 bits per heavy atom. The summed E-state index contributed by atoms with van der Waals surface area (Å²) in [6.07, 6.45) is 0.513. The minimum atomic E-state index is -0.220. The summed E-state index contributed by atoms with van der Waals surface area (Å²) in [5.41, 5.74) is 4.34. The summed E-state index contributed by atoms with van der Waals surface area (Å²) in [5.74, 6) is 0.222. The summed E-state index contributed by atoms with van der Waals surface area (Å²) in [6.45, 7) is 2.36. The molecule has 0 aliphatic heterocycles. The van der Waals surface area contributed by atoms with Crippen molar-refractivity contribution in [3.63, 3.8) is 0 Å². The van der Waals surface area contributed by atoms with Crippen LogP contribution in [0.4, 0.5) is 4.39 Å². The van der Waals surface area contributed by atoms with E-state index in [2.05, 4.69) is 5.48 Å². The molecule has 0 aliphatic carbocycles. The van der Waals surface area contributed by atoms with Gasteiger partial charge >= 0.3 is 0 Å². The van der Waals surface area contributed by atoms with E-state index >= 15 is 0 Å². The smallest absolute Gasteiger partial charge is 0.188 e. The summed E-state index contributed by atoms with van der Waals surface area (Å²) < 4.78 is 13.3. The van der Waals surface area contributed by atoms with Gasteiger partial charge in [0.2, 0.25) is 0 Å². The summed E-state index contributed by atoms with van der Waals surface area (Å²) in [5, 5.41) is 9.57. The fraction of sp³-hybridized carbons (Fsp3) is 0.200. The summed E-state index contributed by atoms with van der Waals surface area (Å²) in [6, 6.07) is 11.7. The monoisotopic (exact) mass is 261 g/mol. The molecule has 2 N–H and O–H groups in total. The molecular weight excluding hydrogens is 245 g/mol. The molecule has 0 amide bonds. The zero-order chi connectivity index (χ0) is 13.7. The largest absolute Gasteiger partial charge is 0.504 e. The number of benzene rings is 2. The molecule has 0 unspecified atom stereocenters. The van der Waals surface area contributed by atoms with Gasteiger partial charge in [0.1, 0.15) is 5.82 Å². The molecule has 2 rings (SSSR count). The highest BCUT2D eigenvalue weighted by atomic mass is 19.1. The highest BCUT2D eigenvalue weighted by molar-refractivity contribution is 5.41. The van der Waals surface area contributed by atoms with Crippen LogP contribution in [0, 0.1) is 12.7 Å². The predicted octanol–water partition coefficient (Wildman–Crippen LogP) is 2.97. The Bertz CT molecular complexity index is 558. The van der Waals surface area contributed by atoms with E-state index in [-0.39, 0.29) is 11.6 Å². The van der Waals surface area contributed by atoms with Crippen molar-refractivity contribution in [3.05, 3.63) is 59.4 Å². The van der Waals surface area contributed by atoms with Gasteiger partial charge in [-0.05, 0) is 42.7 Å². The third-order valence-corrected chi connectivity index (χ3v) is 2.75. The standard InChI is InChI=1S/C15H16FNO2/c1-11-6-7-14(18)15(10-11)19-17-9-8-12-4-2-3-5-13(12)16/h2-7,10,17-18H,8-9H2,1H3. The van der Waals surface area contributed by atoms with Crippen molar-refractivity contribution in [2.45, 2.75) is 13.3 Å². The van der Waals surface area contributed by atoms with Gasteiger partial charge in [0.05, 0.1) is 0 Å². The second kappa shape index (κ2) is 6.20. The number of nitrogens with one attached hydrogen (secondary N) is 1. The fourth-order valence-corrected chi connectivity index (χ4v) is 1.72. The molecule has 0 saturated heterocycles. The van der Waals surface area contributed by atoms with Crippen LogP contribution in [0.2, 0.25) is 0 Å². The number of hydrogen-bond acceptors (Lipinski definition) is 3. The molecule has 2 aromatic rings. The van der Waals surface area contributed by atoms with Crippen LogP contribution in [0.3, 0.4) is 0 Å². The number of aromatic hydroxyl groups is 1. The first-order valence-corrected chi connectivity index (χ1v) is 6.09. The average Bonchev–Trinajstić information content (AvgIpc) is 2.40. The van der Waals surface area contributed by atoms with E-state index in [0.29, 0.717) is 24.3 Å². The van der Waals surface area contributed by atoms with Crippen LogP contribution in [0.1, 0.15) is 11.1 Å². The predicted molar refractivity (Wildman–Crippen MR) is 71.6 cm³/mol. The highest BCUT2D eigenvalue weighted by Gasteiger charge is 2.03. The number of aryl methyl sites for hydroxylation is 1. The Hall–Kier alpha value is -2.07. The van der Waals surface area contributed by atoms with Crippen molar-refractivity contribution in [1.29, 1.82) is 0 Å². The maximum atomic E-state index is 13.3. The molecule has 2 aromatic carbocycles. The molecule has 3 nitrogen and oxygen atoms in total. The summed E-state index contributed by atoms with van der Waals surface area (Å²) >= 11 is 0. The first-order chi connectivity index (χ1) is 9.16. The zero-order valence-corrected chi connectivity index (χ0v) is 10.7.